The molecule has 0 aliphatic carbocycles. The number of nitrogens with zero attached hydrogens (tertiary/aromatic N) is 1. The van der Waals surface area contributed by atoms with Crippen LogP contribution in [0.4, 0.5) is 4.79 Å². The lowest BCUT2D eigenvalue weighted by molar-refractivity contribution is -0.139. The van der Waals surface area contributed by atoms with Gasteiger partial charge >= 0.3 is 12.0 Å². The minimum Gasteiger partial charge on any atom is -0.480 e. The SMILES string of the molecule is CSCC[C@H](NC(=O)N1CCC(O)CC1)C(=O)O. The molecule has 104 valence electrons. The number of aliphatic hydroxyl groups is 1. The van der Waals surface area contributed by atoms with Gasteiger partial charge in [-0.2, -0.15) is 11.8 Å². The zero-order valence-corrected chi connectivity index (χ0v) is 11.3. The molecule has 7 heteroatoms. The molecule has 2 amide bonds. The van der Waals surface area contributed by atoms with Crippen LogP contribution in [0.1, 0.15) is 19.3 Å². The van der Waals surface area contributed by atoms with Crippen molar-refractivity contribution < 1.29 is 19.8 Å². The van der Waals surface area contributed by atoms with Crippen LogP contribution in [-0.2, 0) is 4.79 Å². The summed E-state index contributed by atoms with van der Waals surface area (Å²) < 4.78 is 0. The van der Waals surface area contributed by atoms with Crippen LogP contribution in [0.25, 0.3) is 0 Å². The van der Waals surface area contributed by atoms with Gasteiger partial charge in [-0.15, -0.1) is 0 Å². The van der Waals surface area contributed by atoms with Crippen molar-refractivity contribution in [3.63, 3.8) is 0 Å². The summed E-state index contributed by atoms with van der Waals surface area (Å²) in [6.07, 6.45) is 3.07. The van der Waals surface area contributed by atoms with Crippen molar-refractivity contribution in [3.8, 4) is 0 Å². The largest absolute Gasteiger partial charge is 0.480 e. The molecule has 0 bridgehead atoms. The van der Waals surface area contributed by atoms with Crippen LogP contribution in [0.2, 0.25) is 0 Å². The maximum atomic E-state index is 11.8. The van der Waals surface area contributed by atoms with Gasteiger partial charge in [0.25, 0.3) is 0 Å². The summed E-state index contributed by atoms with van der Waals surface area (Å²) in [5.74, 6) is -0.315. The predicted octanol–water partition coefficient (Wildman–Crippen LogP) is 0.359. The van der Waals surface area contributed by atoms with Crippen molar-refractivity contribution in [2.24, 2.45) is 0 Å². The predicted molar refractivity (Wildman–Crippen MR) is 69.8 cm³/mol. The molecule has 0 aromatic heterocycles. The molecule has 1 aliphatic heterocycles. The molecule has 0 unspecified atom stereocenters. The van der Waals surface area contributed by atoms with E-state index in [1.54, 1.807) is 16.7 Å². The number of carbonyl (C=O) groups is 2. The first-order valence-corrected chi connectivity index (χ1v) is 7.39. The second-order valence-corrected chi connectivity index (χ2v) is 5.33. The number of urea groups is 1. The van der Waals surface area contributed by atoms with E-state index in [1.165, 1.54) is 0 Å². The Morgan fingerprint density at radius 2 is 2.06 bits per heavy atom. The summed E-state index contributed by atoms with van der Waals surface area (Å²) in [5.41, 5.74) is 0. The van der Waals surface area contributed by atoms with Gasteiger partial charge in [0.15, 0.2) is 0 Å². The average molecular weight is 276 g/mol. The van der Waals surface area contributed by atoms with E-state index in [0.29, 0.717) is 38.1 Å². The van der Waals surface area contributed by atoms with Gasteiger partial charge in [-0.3, -0.25) is 0 Å². The second kappa shape index (κ2) is 7.48. The van der Waals surface area contributed by atoms with Crippen molar-refractivity contribution >= 4 is 23.8 Å². The fourth-order valence-corrected chi connectivity index (χ4v) is 2.27. The second-order valence-electron chi connectivity index (χ2n) is 4.34. The number of thioether (sulfide) groups is 1. The summed E-state index contributed by atoms with van der Waals surface area (Å²) in [6, 6.07) is -1.19. The summed E-state index contributed by atoms with van der Waals surface area (Å²) in [7, 11) is 0. The molecule has 0 radical (unpaired) electrons. The van der Waals surface area contributed by atoms with E-state index < -0.39 is 12.0 Å². The van der Waals surface area contributed by atoms with E-state index in [0.717, 1.165) is 0 Å². The number of hydrogen-bond acceptors (Lipinski definition) is 4. The van der Waals surface area contributed by atoms with E-state index >= 15 is 0 Å². The Morgan fingerprint density at radius 1 is 1.44 bits per heavy atom. The van der Waals surface area contributed by atoms with Crippen molar-refractivity contribution in [2.75, 3.05) is 25.1 Å². The fraction of sp³-hybridized carbons (Fsp3) is 0.818. The number of carboxylic acids is 1. The molecule has 0 aromatic rings. The molecular weight excluding hydrogens is 256 g/mol. The quantitative estimate of drug-likeness (QED) is 0.674. The third-order valence-corrected chi connectivity index (χ3v) is 3.60. The van der Waals surface area contributed by atoms with E-state index in [-0.39, 0.29) is 12.1 Å². The highest BCUT2D eigenvalue weighted by atomic mass is 32.2. The molecule has 1 saturated heterocycles. The lowest BCUT2D eigenvalue weighted by Crippen LogP contribution is -2.50. The van der Waals surface area contributed by atoms with Crippen LogP contribution >= 0.6 is 11.8 Å². The van der Waals surface area contributed by atoms with Gasteiger partial charge in [0.1, 0.15) is 6.04 Å². The van der Waals surface area contributed by atoms with Crippen LogP contribution < -0.4 is 5.32 Å². The monoisotopic (exact) mass is 276 g/mol. The van der Waals surface area contributed by atoms with E-state index in [9.17, 15) is 14.7 Å². The lowest BCUT2D eigenvalue weighted by Gasteiger charge is -2.30. The maximum Gasteiger partial charge on any atom is 0.326 e. The molecule has 1 fully saturated rings. The van der Waals surface area contributed by atoms with Crippen molar-refractivity contribution in [2.45, 2.75) is 31.4 Å². The minimum atomic E-state index is -1.01. The topological polar surface area (TPSA) is 89.9 Å². The Labute approximate surface area is 111 Å². The summed E-state index contributed by atoms with van der Waals surface area (Å²) in [6.45, 7) is 0.948. The Balaban J connectivity index is 2.42. The average Bonchev–Trinajstić information content (AvgIpc) is 2.34. The summed E-state index contributed by atoms with van der Waals surface area (Å²) >= 11 is 1.55. The number of hydrogen-bond donors (Lipinski definition) is 3. The number of carboxylic acid groups (broad SMARTS) is 1. The maximum absolute atomic E-state index is 11.8. The fourth-order valence-electron chi connectivity index (χ4n) is 1.80. The van der Waals surface area contributed by atoms with Crippen LogP contribution in [0.5, 0.6) is 0 Å². The number of piperidine rings is 1. The molecular formula is C11H20N2O4S. The Bertz CT molecular complexity index is 293. The van der Waals surface area contributed by atoms with E-state index in [1.807, 2.05) is 6.26 Å². The molecule has 18 heavy (non-hydrogen) atoms. The highest BCUT2D eigenvalue weighted by molar-refractivity contribution is 7.98. The van der Waals surface area contributed by atoms with Gasteiger partial charge < -0.3 is 20.4 Å². The molecule has 0 spiro atoms. The van der Waals surface area contributed by atoms with Crippen LogP contribution in [0.3, 0.4) is 0 Å². The lowest BCUT2D eigenvalue weighted by atomic mass is 10.1. The van der Waals surface area contributed by atoms with Crippen molar-refractivity contribution in [3.05, 3.63) is 0 Å². The molecule has 3 N–H and O–H groups in total. The number of aliphatic hydroxyl groups excluding tert-OH is 1. The van der Waals surface area contributed by atoms with Gasteiger partial charge in [0.2, 0.25) is 0 Å². The van der Waals surface area contributed by atoms with Crippen molar-refractivity contribution in [1.82, 2.24) is 10.2 Å². The number of nitrogens with one attached hydrogen (secondary N) is 1. The summed E-state index contributed by atoms with van der Waals surface area (Å²) in [5, 5.41) is 20.9. The zero-order chi connectivity index (χ0) is 13.5. The highest BCUT2D eigenvalue weighted by Gasteiger charge is 2.25. The Kier molecular flexibility index (Phi) is 6.28. The first kappa shape index (κ1) is 15.1. The molecule has 6 nitrogen and oxygen atoms in total. The Hall–Kier alpha value is -0.950. The minimum absolute atomic E-state index is 0.346. The molecule has 0 saturated carbocycles. The number of likely N-dealkylation sites (tertiary alicyclic amines) is 1. The first-order chi connectivity index (χ1) is 8.54. The third kappa shape index (κ3) is 4.73. The number of rotatable bonds is 5. The standard InChI is InChI=1S/C11H20N2O4S/c1-18-7-4-9(10(15)16)12-11(17)13-5-2-8(14)3-6-13/h8-9,14H,2-7H2,1H3,(H,12,17)(H,15,16)/t9-/m0/s1. The number of carbonyl (C=O) groups excluding carboxylic acids is 1. The molecule has 1 atom stereocenters. The van der Waals surface area contributed by atoms with Crippen LogP contribution in [0.15, 0.2) is 0 Å². The van der Waals surface area contributed by atoms with E-state index in [2.05, 4.69) is 5.32 Å². The highest BCUT2D eigenvalue weighted by Crippen LogP contribution is 2.10. The normalized spacial score (nSPS) is 18.4. The van der Waals surface area contributed by atoms with Gasteiger partial charge in [-0.25, -0.2) is 9.59 Å². The molecule has 1 aliphatic rings. The van der Waals surface area contributed by atoms with Gasteiger partial charge in [0, 0.05) is 13.1 Å². The molecule has 1 heterocycles. The molecule has 1 rings (SSSR count). The number of aliphatic carboxylic acids is 1. The van der Waals surface area contributed by atoms with Crippen LogP contribution in [0, 0.1) is 0 Å². The smallest absolute Gasteiger partial charge is 0.326 e. The Morgan fingerprint density at radius 3 is 2.56 bits per heavy atom. The van der Waals surface area contributed by atoms with Crippen molar-refractivity contribution in [1.29, 1.82) is 0 Å². The summed E-state index contributed by atoms with van der Waals surface area (Å²) in [4.78, 5) is 24.4. The van der Waals surface area contributed by atoms with Gasteiger partial charge in [0.05, 0.1) is 6.10 Å². The third-order valence-electron chi connectivity index (χ3n) is 2.96. The number of amides is 2. The van der Waals surface area contributed by atoms with Gasteiger partial charge in [-0.05, 0) is 31.3 Å². The zero-order valence-electron chi connectivity index (χ0n) is 10.5. The molecule has 0 aromatic carbocycles. The van der Waals surface area contributed by atoms with Gasteiger partial charge in [-0.1, -0.05) is 0 Å². The van der Waals surface area contributed by atoms with E-state index in [4.69, 9.17) is 5.11 Å². The van der Waals surface area contributed by atoms with Crippen LogP contribution in [-0.4, -0.2) is 64.4 Å². The first-order valence-electron chi connectivity index (χ1n) is 6.00.